The van der Waals surface area contributed by atoms with Gasteiger partial charge in [-0.3, -0.25) is 0 Å². The van der Waals surface area contributed by atoms with E-state index in [1.807, 2.05) is 5.40 Å². The SMILES string of the molecule is N#C[S][In][Br]. The van der Waals surface area contributed by atoms with Crippen molar-refractivity contribution in [2.24, 2.45) is 0 Å². The van der Waals surface area contributed by atoms with E-state index >= 15 is 0 Å². The molecule has 0 aliphatic carbocycles. The van der Waals surface area contributed by atoms with E-state index in [9.17, 15) is 0 Å². The molecule has 0 bridgehead atoms. The van der Waals surface area contributed by atoms with Gasteiger partial charge >= 0.3 is 50.7 Å². The van der Waals surface area contributed by atoms with Crippen molar-refractivity contribution in [1.29, 1.82) is 5.26 Å². The van der Waals surface area contributed by atoms with Gasteiger partial charge in [0.1, 0.15) is 0 Å². The van der Waals surface area contributed by atoms with Gasteiger partial charge in [0.05, 0.1) is 0 Å². The molecule has 0 amide bonds. The number of rotatable bonds is 1. The van der Waals surface area contributed by atoms with Crippen molar-refractivity contribution < 1.29 is 0 Å². The molecule has 0 spiro atoms. The van der Waals surface area contributed by atoms with E-state index < -0.39 is 19.1 Å². The summed E-state index contributed by atoms with van der Waals surface area (Å²) in [4.78, 5) is 0. The predicted octanol–water partition coefficient (Wildman–Crippen LogP) is 1.13. The normalized spacial score (nSPS) is 5.60. The summed E-state index contributed by atoms with van der Waals surface area (Å²) >= 11 is 2.68. The molecule has 0 saturated carbocycles. The van der Waals surface area contributed by atoms with Gasteiger partial charge < -0.3 is 0 Å². The topological polar surface area (TPSA) is 23.8 Å². The molecular formula is CBrInNS. The first kappa shape index (κ1) is 6.19. The standard InChI is InChI=1S/CHNS.BrH.In/c2-1-3;;/h3H;1H;/q;;+2/p-2. The maximum atomic E-state index is 7.80. The van der Waals surface area contributed by atoms with Crippen LogP contribution in [0.5, 0.6) is 0 Å². The Morgan fingerprint density at radius 2 is 2.60 bits per heavy atom. The fourth-order valence-corrected chi connectivity index (χ4v) is 2.08. The van der Waals surface area contributed by atoms with E-state index in [0.29, 0.717) is 0 Å². The van der Waals surface area contributed by atoms with Crippen molar-refractivity contribution >= 4 is 40.0 Å². The zero-order chi connectivity index (χ0) is 4.12. The number of nitriles is 1. The summed E-state index contributed by atoms with van der Waals surface area (Å²) < 4.78 is 0. The minimum atomic E-state index is -0.560. The fraction of sp³-hybridized carbons (Fsp3) is 0. The molecule has 0 aliphatic rings. The quantitative estimate of drug-likeness (QED) is 0.654. The van der Waals surface area contributed by atoms with Gasteiger partial charge in [-0.1, -0.05) is 0 Å². The molecule has 0 rings (SSSR count). The summed E-state index contributed by atoms with van der Waals surface area (Å²) in [7, 11) is 1.38. The first-order chi connectivity index (χ1) is 2.41. The summed E-state index contributed by atoms with van der Waals surface area (Å²) in [5.74, 6) is 0. The number of thiocyanates is 1. The van der Waals surface area contributed by atoms with Gasteiger partial charge in [0.25, 0.3) is 0 Å². The summed E-state index contributed by atoms with van der Waals surface area (Å²) in [6.07, 6.45) is 0. The van der Waals surface area contributed by atoms with Crippen LogP contribution >= 0.6 is 20.9 Å². The van der Waals surface area contributed by atoms with Crippen LogP contribution in [0.2, 0.25) is 0 Å². The van der Waals surface area contributed by atoms with Gasteiger partial charge in [-0.15, -0.1) is 0 Å². The van der Waals surface area contributed by atoms with Crippen molar-refractivity contribution in [1.82, 2.24) is 0 Å². The Balaban J connectivity index is 2.48. The second-order valence-electron chi connectivity index (χ2n) is 0.298. The van der Waals surface area contributed by atoms with Crippen LogP contribution in [0.25, 0.3) is 0 Å². The zero-order valence-electron chi connectivity index (χ0n) is 2.31. The first-order valence-electron chi connectivity index (χ1n) is 0.882. The fourth-order valence-electron chi connectivity index (χ4n) is 0.0199. The molecule has 0 aromatic carbocycles. The van der Waals surface area contributed by atoms with Crippen LogP contribution in [-0.2, 0) is 0 Å². The van der Waals surface area contributed by atoms with Gasteiger partial charge in [0.2, 0.25) is 0 Å². The second kappa shape index (κ2) is 5.19. The van der Waals surface area contributed by atoms with E-state index in [4.69, 9.17) is 5.26 Å². The van der Waals surface area contributed by atoms with Crippen LogP contribution in [-0.4, -0.2) is 19.1 Å². The molecular weight excluding hydrogens is 253 g/mol. The van der Waals surface area contributed by atoms with Crippen LogP contribution < -0.4 is 0 Å². The Hall–Kier alpha value is 1.19. The maximum absolute atomic E-state index is 7.80. The summed E-state index contributed by atoms with van der Waals surface area (Å²) in [6, 6.07) is 0. The molecule has 25 valence electrons. The van der Waals surface area contributed by atoms with Gasteiger partial charge in [0, 0.05) is 0 Å². The minimum absolute atomic E-state index is 0.560. The van der Waals surface area contributed by atoms with Crippen molar-refractivity contribution in [2.75, 3.05) is 0 Å². The van der Waals surface area contributed by atoms with Crippen LogP contribution in [0.15, 0.2) is 0 Å². The van der Waals surface area contributed by atoms with E-state index in [1.54, 1.807) is 0 Å². The van der Waals surface area contributed by atoms with Crippen molar-refractivity contribution in [2.45, 2.75) is 0 Å². The predicted molar refractivity (Wildman–Crippen MR) is 27.9 cm³/mol. The van der Waals surface area contributed by atoms with E-state index in [0.717, 1.165) is 0 Å². The number of hydrogen-bond acceptors (Lipinski definition) is 2. The Morgan fingerprint density at radius 3 is 2.60 bits per heavy atom. The average Bonchev–Trinajstić information content (AvgIpc) is 1.41. The zero-order valence-corrected chi connectivity index (χ0v) is 8.01. The third-order valence-corrected chi connectivity index (χ3v) is 5.72. The molecule has 0 atom stereocenters. The van der Waals surface area contributed by atoms with E-state index in [1.165, 1.54) is 8.59 Å². The van der Waals surface area contributed by atoms with Gasteiger partial charge in [0.15, 0.2) is 0 Å². The van der Waals surface area contributed by atoms with Gasteiger partial charge in [-0.25, -0.2) is 0 Å². The Labute approximate surface area is 50.3 Å². The van der Waals surface area contributed by atoms with Crippen molar-refractivity contribution in [3.8, 4) is 5.40 Å². The molecule has 1 radical (unpaired) electrons. The van der Waals surface area contributed by atoms with Crippen LogP contribution in [0.4, 0.5) is 0 Å². The van der Waals surface area contributed by atoms with Crippen LogP contribution in [0.3, 0.4) is 0 Å². The van der Waals surface area contributed by atoms with Gasteiger partial charge in [-0.2, -0.15) is 0 Å². The number of halogens is 1. The molecule has 0 N–H and O–H groups in total. The summed E-state index contributed by atoms with van der Waals surface area (Å²) in [5.41, 5.74) is 0. The van der Waals surface area contributed by atoms with E-state index in [2.05, 4.69) is 12.3 Å². The molecule has 0 fully saturated rings. The monoisotopic (exact) mass is 252 g/mol. The Bertz CT molecular complexity index is 50.1. The molecule has 0 aromatic rings. The van der Waals surface area contributed by atoms with Crippen LogP contribution in [0.1, 0.15) is 0 Å². The number of nitrogens with zero attached hydrogens (tertiary/aromatic N) is 1. The first-order valence-corrected chi connectivity index (χ1v) is 13.2. The second-order valence-corrected chi connectivity index (χ2v) is 12.0. The van der Waals surface area contributed by atoms with E-state index in [-0.39, 0.29) is 0 Å². The molecule has 0 saturated heterocycles. The number of hydrogen-bond donors (Lipinski definition) is 0. The summed E-state index contributed by atoms with van der Waals surface area (Å²) in [6.45, 7) is 0. The molecule has 0 aromatic heterocycles. The molecule has 1 nitrogen and oxygen atoms in total. The van der Waals surface area contributed by atoms with Gasteiger partial charge in [-0.05, 0) is 0 Å². The summed E-state index contributed by atoms with van der Waals surface area (Å²) in [5, 5.41) is 9.77. The Morgan fingerprint density at radius 1 is 2.00 bits per heavy atom. The molecule has 4 heteroatoms. The molecule has 0 aliphatic heterocycles. The third-order valence-electron chi connectivity index (χ3n) is 0.0972. The van der Waals surface area contributed by atoms with Crippen LogP contribution in [0, 0.1) is 10.7 Å². The average molecular weight is 253 g/mol. The molecule has 0 unspecified atom stereocenters. The van der Waals surface area contributed by atoms with Crippen molar-refractivity contribution in [3.05, 3.63) is 0 Å². The molecule has 5 heavy (non-hydrogen) atoms. The Kier molecular flexibility index (Phi) is 6.43. The van der Waals surface area contributed by atoms with Crippen molar-refractivity contribution in [3.63, 3.8) is 0 Å². The third kappa shape index (κ3) is 5.19. The molecule has 0 heterocycles.